The van der Waals surface area contributed by atoms with E-state index >= 15 is 0 Å². The summed E-state index contributed by atoms with van der Waals surface area (Å²) in [5.74, 6) is 0.360. The molecule has 0 amide bonds. The van der Waals surface area contributed by atoms with Crippen LogP contribution in [-0.4, -0.2) is 50.6 Å². The van der Waals surface area contributed by atoms with Crippen molar-refractivity contribution in [2.24, 2.45) is 0 Å². The Balaban J connectivity index is 1.75. The van der Waals surface area contributed by atoms with Gasteiger partial charge in [0.25, 0.3) is 10.0 Å². The lowest BCUT2D eigenvalue weighted by molar-refractivity contribution is 0.411. The van der Waals surface area contributed by atoms with Crippen molar-refractivity contribution in [3.8, 4) is 5.75 Å². The summed E-state index contributed by atoms with van der Waals surface area (Å²) in [5, 5.41) is -0.267. The topological polar surface area (TPSA) is 91.4 Å². The van der Waals surface area contributed by atoms with Gasteiger partial charge in [0.05, 0.1) is 23.8 Å². The molecule has 0 radical (unpaired) electrons. The fraction of sp³-hybridized carbons (Fsp3) is 0.368. The Kier molecular flexibility index (Phi) is 4.81. The van der Waals surface area contributed by atoms with E-state index in [-0.39, 0.29) is 11.0 Å². The van der Waals surface area contributed by atoms with Gasteiger partial charge in [0.1, 0.15) is 17.4 Å². The van der Waals surface area contributed by atoms with E-state index in [1.807, 2.05) is 4.90 Å². The van der Waals surface area contributed by atoms with Crippen molar-refractivity contribution < 1.29 is 17.5 Å². The highest BCUT2D eigenvalue weighted by Gasteiger charge is 2.28. The summed E-state index contributed by atoms with van der Waals surface area (Å²) in [4.78, 5) is 13.1. The van der Waals surface area contributed by atoms with Crippen LogP contribution in [0.2, 0.25) is 0 Å². The molecule has 0 bridgehead atoms. The van der Waals surface area contributed by atoms with Crippen molar-refractivity contribution in [1.29, 1.82) is 0 Å². The zero-order valence-corrected chi connectivity index (χ0v) is 17.3. The molecule has 1 saturated heterocycles. The van der Waals surface area contributed by atoms with Crippen LogP contribution in [-0.2, 0) is 10.0 Å². The van der Waals surface area contributed by atoms with Gasteiger partial charge in [-0.15, -0.1) is 0 Å². The first-order valence-electron chi connectivity index (χ1n) is 9.25. The Labute approximate surface area is 168 Å². The number of sulfonamides is 1. The molecule has 1 aliphatic heterocycles. The van der Waals surface area contributed by atoms with Gasteiger partial charge in [0.15, 0.2) is 0 Å². The predicted octanol–water partition coefficient (Wildman–Crippen LogP) is 2.84. The average Bonchev–Trinajstić information content (AvgIpc) is 3.36. The van der Waals surface area contributed by atoms with Crippen LogP contribution in [0.1, 0.15) is 18.4 Å². The molecular weight excluding hydrogens is 397 g/mol. The van der Waals surface area contributed by atoms with Gasteiger partial charge < -0.3 is 14.6 Å². The van der Waals surface area contributed by atoms with E-state index in [0.29, 0.717) is 28.0 Å². The summed E-state index contributed by atoms with van der Waals surface area (Å²) in [7, 11) is -1.13. The second kappa shape index (κ2) is 7.18. The van der Waals surface area contributed by atoms with Crippen LogP contribution in [0.5, 0.6) is 5.75 Å². The van der Waals surface area contributed by atoms with Gasteiger partial charge in [-0.1, -0.05) is 0 Å². The summed E-state index contributed by atoms with van der Waals surface area (Å²) in [6.07, 6.45) is 3.49. The highest BCUT2D eigenvalue weighted by molar-refractivity contribution is 7.92. The van der Waals surface area contributed by atoms with Crippen molar-refractivity contribution >= 4 is 32.6 Å². The molecule has 0 unspecified atom stereocenters. The predicted molar refractivity (Wildman–Crippen MR) is 109 cm³/mol. The molecule has 2 aromatic heterocycles. The monoisotopic (exact) mass is 419 g/mol. The first-order chi connectivity index (χ1) is 13.8. The molecule has 1 N–H and O–H groups in total. The normalized spacial score (nSPS) is 14.6. The Bertz CT molecular complexity index is 1170. The van der Waals surface area contributed by atoms with Gasteiger partial charge in [-0.25, -0.2) is 18.7 Å². The van der Waals surface area contributed by atoms with E-state index in [9.17, 15) is 12.8 Å². The molecule has 154 valence electrons. The largest absolute Gasteiger partial charge is 0.496 e. The number of pyridine rings is 1. The Hall–Kier alpha value is -2.88. The van der Waals surface area contributed by atoms with Crippen molar-refractivity contribution in [2.45, 2.75) is 24.9 Å². The summed E-state index contributed by atoms with van der Waals surface area (Å²) in [6.45, 7) is 3.28. The first-order valence-corrected chi connectivity index (χ1v) is 10.7. The number of methoxy groups -OCH3 is 1. The minimum Gasteiger partial charge on any atom is -0.496 e. The van der Waals surface area contributed by atoms with E-state index in [1.165, 1.54) is 26.4 Å². The molecule has 1 aliphatic rings. The number of halogens is 1. The first kappa shape index (κ1) is 19.4. The van der Waals surface area contributed by atoms with E-state index in [1.54, 1.807) is 19.1 Å². The van der Waals surface area contributed by atoms with Gasteiger partial charge >= 0.3 is 0 Å². The standard InChI is InChI=1S/C19H22FN5O3S/c1-12-17(28-3)6-7-21-18(12)24(2)29(26,27)19-22-14-10-13(20)16(11-15(14)23-19)25-8-4-5-9-25/h6-7,10-11H,4-5,8-9H2,1-3H3,(H,22,23). The van der Waals surface area contributed by atoms with E-state index in [0.717, 1.165) is 30.2 Å². The lowest BCUT2D eigenvalue weighted by Gasteiger charge is -2.19. The SMILES string of the molecule is COc1ccnc(N(C)S(=O)(=O)c2nc3cc(N4CCCC4)c(F)cc3[nH]2)c1C. The molecule has 29 heavy (non-hydrogen) atoms. The van der Waals surface area contributed by atoms with Crippen molar-refractivity contribution in [2.75, 3.05) is 36.5 Å². The van der Waals surface area contributed by atoms with Crippen LogP contribution in [0.25, 0.3) is 11.0 Å². The van der Waals surface area contributed by atoms with Gasteiger partial charge in [0, 0.05) is 38.0 Å². The van der Waals surface area contributed by atoms with Crippen molar-refractivity contribution in [1.82, 2.24) is 15.0 Å². The van der Waals surface area contributed by atoms with Gasteiger partial charge in [-0.3, -0.25) is 0 Å². The van der Waals surface area contributed by atoms with Crippen LogP contribution in [0.3, 0.4) is 0 Å². The number of benzene rings is 1. The molecular formula is C19H22FN5O3S. The van der Waals surface area contributed by atoms with E-state index < -0.39 is 15.8 Å². The Morgan fingerprint density at radius 3 is 2.69 bits per heavy atom. The highest BCUT2D eigenvalue weighted by Crippen LogP contribution is 2.31. The van der Waals surface area contributed by atoms with Crippen LogP contribution >= 0.6 is 0 Å². The maximum atomic E-state index is 14.6. The highest BCUT2D eigenvalue weighted by atomic mass is 32.2. The van der Waals surface area contributed by atoms with Crippen LogP contribution in [0, 0.1) is 12.7 Å². The van der Waals surface area contributed by atoms with E-state index in [4.69, 9.17) is 4.74 Å². The number of hydrogen-bond acceptors (Lipinski definition) is 6. The molecule has 4 rings (SSSR count). The Morgan fingerprint density at radius 2 is 2.00 bits per heavy atom. The summed E-state index contributed by atoms with van der Waals surface area (Å²) in [5.41, 5.74) is 1.76. The second-order valence-electron chi connectivity index (χ2n) is 6.99. The number of anilines is 2. The van der Waals surface area contributed by atoms with Crippen LogP contribution in [0.4, 0.5) is 15.9 Å². The number of nitrogens with one attached hydrogen (secondary N) is 1. The second-order valence-corrected chi connectivity index (χ2v) is 8.88. The number of nitrogens with zero attached hydrogens (tertiary/aromatic N) is 4. The molecule has 8 nitrogen and oxygen atoms in total. The van der Waals surface area contributed by atoms with Crippen molar-refractivity contribution in [3.63, 3.8) is 0 Å². The van der Waals surface area contributed by atoms with Gasteiger partial charge in [0.2, 0.25) is 5.16 Å². The molecule has 0 aliphatic carbocycles. The molecule has 3 heterocycles. The van der Waals surface area contributed by atoms with Gasteiger partial charge in [-0.05, 0) is 31.9 Å². The minimum atomic E-state index is -4.03. The molecule has 0 saturated carbocycles. The number of rotatable bonds is 5. The number of fused-ring (bicyclic) bond motifs is 1. The number of imidazole rings is 1. The maximum absolute atomic E-state index is 14.6. The van der Waals surface area contributed by atoms with E-state index in [2.05, 4.69) is 15.0 Å². The Morgan fingerprint density at radius 1 is 1.28 bits per heavy atom. The molecule has 1 fully saturated rings. The summed E-state index contributed by atoms with van der Waals surface area (Å²) >= 11 is 0. The third-order valence-corrected chi connectivity index (χ3v) is 6.80. The fourth-order valence-corrected chi connectivity index (χ4v) is 4.73. The number of hydrogen-bond donors (Lipinski definition) is 1. The number of aromatic amines is 1. The lowest BCUT2D eigenvalue weighted by Crippen LogP contribution is -2.29. The average molecular weight is 419 g/mol. The van der Waals surface area contributed by atoms with Crippen molar-refractivity contribution in [3.05, 3.63) is 35.8 Å². The summed E-state index contributed by atoms with van der Waals surface area (Å²) in [6, 6.07) is 4.55. The zero-order valence-electron chi connectivity index (χ0n) is 16.4. The number of aromatic nitrogens is 3. The third kappa shape index (κ3) is 3.27. The molecule has 0 spiro atoms. The van der Waals surface area contributed by atoms with Crippen LogP contribution < -0.4 is 13.9 Å². The quantitative estimate of drug-likeness (QED) is 0.684. The third-order valence-electron chi connectivity index (χ3n) is 5.23. The number of H-pyrrole nitrogens is 1. The minimum absolute atomic E-state index is 0.230. The molecule has 0 atom stereocenters. The molecule has 3 aromatic rings. The molecule has 1 aromatic carbocycles. The lowest BCUT2D eigenvalue weighted by atomic mass is 10.2. The molecule has 10 heteroatoms. The van der Waals surface area contributed by atoms with Gasteiger partial charge in [-0.2, -0.15) is 8.42 Å². The summed E-state index contributed by atoms with van der Waals surface area (Å²) < 4.78 is 47.1. The number of ether oxygens (including phenoxy) is 1. The smallest absolute Gasteiger partial charge is 0.299 e. The zero-order chi connectivity index (χ0) is 20.8. The fourth-order valence-electron chi connectivity index (χ4n) is 3.61. The maximum Gasteiger partial charge on any atom is 0.299 e. The van der Waals surface area contributed by atoms with Crippen LogP contribution in [0.15, 0.2) is 29.6 Å².